The predicted octanol–water partition coefficient (Wildman–Crippen LogP) is 2.09. The Morgan fingerprint density at radius 1 is 1.24 bits per heavy atom. The van der Waals surface area contributed by atoms with E-state index in [1.54, 1.807) is 0 Å². The second-order valence-corrected chi connectivity index (χ2v) is 6.38. The molecule has 1 unspecified atom stereocenters. The molecule has 1 aromatic rings. The van der Waals surface area contributed by atoms with E-state index in [1.807, 2.05) is 18.8 Å². The van der Waals surface area contributed by atoms with Crippen molar-refractivity contribution in [3.63, 3.8) is 0 Å². The summed E-state index contributed by atoms with van der Waals surface area (Å²) in [7, 11) is 3.90. The highest BCUT2D eigenvalue weighted by Gasteiger charge is 2.19. The molecule has 1 N–H and O–H groups in total. The molecular weight excluding hydrogens is 284 g/mol. The molecule has 2 heterocycles. The Kier molecular flexibility index (Phi) is 5.90. The molecule has 1 fully saturated rings. The molecule has 2 rings (SSSR count). The van der Waals surface area contributed by atoms with Crippen LogP contribution in [-0.2, 0) is 0 Å². The number of hydrogen-bond acceptors (Lipinski definition) is 7. The van der Waals surface area contributed by atoms with E-state index in [1.165, 1.54) is 19.3 Å². The van der Waals surface area contributed by atoms with Gasteiger partial charge < -0.3 is 15.1 Å². The summed E-state index contributed by atoms with van der Waals surface area (Å²) in [5.74, 6) is 3.24. The van der Waals surface area contributed by atoms with Crippen LogP contribution in [0.15, 0.2) is 0 Å². The number of rotatable bonds is 6. The van der Waals surface area contributed by atoms with E-state index in [9.17, 15) is 0 Å². The van der Waals surface area contributed by atoms with Crippen LogP contribution >= 0.6 is 11.8 Å². The third kappa shape index (κ3) is 4.12. The first-order chi connectivity index (χ1) is 10.2. The zero-order valence-electron chi connectivity index (χ0n) is 13.5. The van der Waals surface area contributed by atoms with Gasteiger partial charge in [0.2, 0.25) is 17.8 Å². The molecule has 0 aromatic carbocycles. The first-order valence-electron chi connectivity index (χ1n) is 7.56. The van der Waals surface area contributed by atoms with Crippen molar-refractivity contribution in [1.29, 1.82) is 0 Å². The third-order valence-corrected chi connectivity index (χ3v) is 4.67. The van der Waals surface area contributed by atoms with E-state index >= 15 is 0 Å². The van der Waals surface area contributed by atoms with Crippen molar-refractivity contribution in [1.82, 2.24) is 15.0 Å². The maximum absolute atomic E-state index is 4.69. The minimum absolute atomic E-state index is 0.390. The normalized spacial score (nSPS) is 16.7. The Morgan fingerprint density at radius 3 is 2.57 bits per heavy atom. The van der Waals surface area contributed by atoms with Crippen LogP contribution in [-0.4, -0.2) is 60.2 Å². The van der Waals surface area contributed by atoms with Gasteiger partial charge in [-0.2, -0.15) is 26.7 Å². The lowest BCUT2D eigenvalue weighted by Crippen LogP contribution is -2.35. The van der Waals surface area contributed by atoms with Crippen molar-refractivity contribution < 1.29 is 0 Å². The fourth-order valence-electron chi connectivity index (χ4n) is 2.41. The summed E-state index contributed by atoms with van der Waals surface area (Å²) in [6, 6.07) is 0.390. The van der Waals surface area contributed by atoms with Gasteiger partial charge in [0.1, 0.15) is 0 Å². The number of hydrogen-bond donors (Lipinski definition) is 1. The van der Waals surface area contributed by atoms with Crippen molar-refractivity contribution in [3.05, 3.63) is 0 Å². The smallest absolute Gasteiger partial charge is 0.231 e. The number of piperidine rings is 1. The van der Waals surface area contributed by atoms with E-state index < -0.39 is 0 Å². The molecule has 0 saturated carbocycles. The largest absolute Gasteiger partial charge is 0.357 e. The van der Waals surface area contributed by atoms with E-state index in [2.05, 4.69) is 50.3 Å². The maximum atomic E-state index is 4.69. The Bertz CT molecular complexity index is 449. The lowest BCUT2D eigenvalue weighted by Gasteiger charge is -2.29. The summed E-state index contributed by atoms with van der Waals surface area (Å²) in [6.45, 7) is 4.27. The Balaban J connectivity index is 2.24. The molecule has 0 bridgehead atoms. The van der Waals surface area contributed by atoms with Crippen LogP contribution in [0, 0.1) is 0 Å². The van der Waals surface area contributed by atoms with Gasteiger partial charge in [0, 0.05) is 39.0 Å². The lowest BCUT2D eigenvalue weighted by atomic mass is 10.1. The Morgan fingerprint density at radius 2 is 1.95 bits per heavy atom. The number of nitrogens with zero attached hydrogens (tertiary/aromatic N) is 5. The lowest BCUT2D eigenvalue weighted by molar-refractivity contribution is 0.567. The summed E-state index contributed by atoms with van der Waals surface area (Å²) in [5, 5.41) is 3.05. The van der Waals surface area contributed by atoms with Crippen molar-refractivity contribution in [2.75, 3.05) is 54.3 Å². The van der Waals surface area contributed by atoms with Gasteiger partial charge in [-0.3, -0.25) is 0 Å². The molecule has 1 aromatic heterocycles. The summed E-state index contributed by atoms with van der Waals surface area (Å²) in [4.78, 5) is 18.1. The van der Waals surface area contributed by atoms with Crippen LogP contribution in [0.25, 0.3) is 0 Å². The molecule has 1 saturated heterocycles. The third-order valence-electron chi connectivity index (χ3n) is 3.86. The van der Waals surface area contributed by atoms with Crippen LogP contribution in [0.1, 0.15) is 26.2 Å². The van der Waals surface area contributed by atoms with E-state index in [0.29, 0.717) is 12.0 Å². The summed E-state index contributed by atoms with van der Waals surface area (Å²) in [6.07, 6.45) is 5.86. The van der Waals surface area contributed by atoms with Gasteiger partial charge in [-0.15, -0.1) is 0 Å². The average Bonchev–Trinajstić information content (AvgIpc) is 2.54. The van der Waals surface area contributed by atoms with Crippen molar-refractivity contribution in [2.45, 2.75) is 32.2 Å². The van der Waals surface area contributed by atoms with Gasteiger partial charge in [-0.05, 0) is 32.4 Å². The van der Waals surface area contributed by atoms with Crippen molar-refractivity contribution >= 4 is 29.6 Å². The quantitative estimate of drug-likeness (QED) is 0.863. The maximum Gasteiger partial charge on any atom is 0.231 e. The van der Waals surface area contributed by atoms with Gasteiger partial charge in [0.05, 0.1) is 0 Å². The highest BCUT2D eigenvalue weighted by atomic mass is 32.2. The fourth-order valence-corrected chi connectivity index (χ4v) is 3.11. The van der Waals surface area contributed by atoms with Crippen LogP contribution in [0.5, 0.6) is 0 Å². The van der Waals surface area contributed by atoms with Crippen LogP contribution in [0.3, 0.4) is 0 Å². The summed E-state index contributed by atoms with van der Waals surface area (Å²) < 4.78 is 0. The molecule has 1 aliphatic rings. The second-order valence-electron chi connectivity index (χ2n) is 5.47. The van der Waals surface area contributed by atoms with Gasteiger partial charge in [-0.25, -0.2) is 0 Å². The fraction of sp³-hybridized carbons (Fsp3) is 0.786. The van der Waals surface area contributed by atoms with Crippen molar-refractivity contribution in [3.8, 4) is 0 Å². The molecular formula is C14H26N6S. The molecule has 0 radical (unpaired) electrons. The highest BCUT2D eigenvalue weighted by Crippen LogP contribution is 2.21. The standard InChI is InChI=1S/C14H26N6S/c1-11(10-21-4)19(3)13-16-12(15-2)17-14(18-13)20-8-6-5-7-9-20/h11H,5-10H2,1-4H3,(H,15,16,17,18). The first kappa shape index (κ1) is 16.1. The van der Waals surface area contributed by atoms with Crippen molar-refractivity contribution in [2.24, 2.45) is 0 Å². The number of aromatic nitrogens is 3. The van der Waals surface area contributed by atoms with E-state index in [4.69, 9.17) is 0 Å². The van der Waals surface area contributed by atoms with Crippen LogP contribution in [0.2, 0.25) is 0 Å². The highest BCUT2D eigenvalue weighted by molar-refractivity contribution is 7.98. The average molecular weight is 310 g/mol. The van der Waals surface area contributed by atoms with Crippen LogP contribution in [0.4, 0.5) is 17.8 Å². The molecule has 118 valence electrons. The van der Waals surface area contributed by atoms with E-state index in [0.717, 1.165) is 30.7 Å². The van der Waals surface area contributed by atoms with Gasteiger partial charge >= 0.3 is 0 Å². The molecule has 0 aliphatic carbocycles. The SMILES string of the molecule is CNc1nc(N2CCCCC2)nc(N(C)C(C)CSC)n1. The molecule has 7 heteroatoms. The second kappa shape index (κ2) is 7.68. The van der Waals surface area contributed by atoms with Gasteiger partial charge in [0.15, 0.2) is 0 Å². The predicted molar refractivity (Wildman–Crippen MR) is 91.7 cm³/mol. The van der Waals surface area contributed by atoms with Crippen LogP contribution < -0.4 is 15.1 Å². The zero-order chi connectivity index (χ0) is 15.2. The first-order valence-corrected chi connectivity index (χ1v) is 8.95. The molecule has 0 spiro atoms. The molecule has 1 atom stereocenters. The van der Waals surface area contributed by atoms with Gasteiger partial charge in [0.25, 0.3) is 0 Å². The minimum Gasteiger partial charge on any atom is -0.357 e. The molecule has 0 amide bonds. The molecule has 1 aliphatic heterocycles. The molecule has 6 nitrogen and oxygen atoms in total. The van der Waals surface area contributed by atoms with E-state index in [-0.39, 0.29) is 0 Å². The Labute approximate surface area is 131 Å². The zero-order valence-corrected chi connectivity index (χ0v) is 14.3. The molecule has 21 heavy (non-hydrogen) atoms. The number of anilines is 3. The summed E-state index contributed by atoms with van der Waals surface area (Å²) in [5.41, 5.74) is 0. The number of nitrogens with one attached hydrogen (secondary N) is 1. The number of thioether (sulfide) groups is 1. The Hall–Kier alpha value is -1.24. The monoisotopic (exact) mass is 310 g/mol. The topological polar surface area (TPSA) is 57.2 Å². The summed E-state index contributed by atoms with van der Waals surface area (Å²) >= 11 is 1.84. The minimum atomic E-state index is 0.390. The van der Waals surface area contributed by atoms with Gasteiger partial charge in [-0.1, -0.05) is 0 Å².